The second-order valence-electron chi connectivity index (χ2n) is 6.39. The Hall–Kier alpha value is -2.18. The molecule has 0 fully saturated rings. The van der Waals surface area contributed by atoms with Gasteiger partial charge in [-0.3, -0.25) is 14.9 Å². The summed E-state index contributed by atoms with van der Waals surface area (Å²) in [6.45, 7) is 2.34. The number of amides is 2. The van der Waals surface area contributed by atoms with Crippen molar-refractivity contribution in [2.45, 2.75) is 25.8 Å². The zero-order valence-corrected chi connectivity index (χ0v) is 16.4. The van der Waals surface area contributed by atoms with Crippen molar-refractivity contribution in [3.8, 4) is 0 Å². The topological polar surface area (TPSA) is 61.4 Å². The molecule has 0 radical (unpaired) electrons. The van der Waals surface area contributed by atoms with E-state index in [1.165, 1.54) is 10.5 Å². The van der Waals surface area contributed by atoms with Gasteiger partial charge in [0.25, 0.3) is 0 Å². The molecule has 1 atom stereocenters. The third-order valence-corrected chi connectivity index (χ3v) is 5.02. The lowest BCUT2D eigenvalue weighted by Crippen LogP contribution is -2.41. The van der Waals surface area contributed by atoms with Crippen LogP contribution in [0.2, 0.25) is 0 Å². The number of nitrogens with zero attached hydrogens (tertiary/aromatic N) is 1. The molecule has 6 heteroatoms. The average Bonchev–Trinajstić information content (AvgIpc) is 3.15. The van der Waals surface area contributed by atoms with E-state index in [0.717, 1.165) is 23.3 Å². The number of carbonyl (C=O) groups is 2. The summed E-state index contributed by atoms with van der Waals surface area (Å²) in [6, 6.07) is 12.6. The van der Waals surface area contributed by atoms with Gasteiger partial charge in [0.1, 0.15) is 0 Å². The Morgan fingerprint density at radius 1 is 1.12 bits per heavy atom. The average molecular weight is 374 g/mol. The maximum atomic E-state index is 12.1. The molecular weight excluding hydrogens is 346 g/mol. The zero-order valence-electron chi connectivity index (χ0n) is 15.6. The summed E-state index contributed by atoms with van der Waals surface area (Å²) in [5.74, 6) is -0.316. The van der Waals surface area contributed by atoms with Crippen molar-refractivity contribution < 1.29 is 9.59 Å². The number of rotatable bonds is 9. The van der Waals surface area contributed by atoms with E-state index in [1.807, 2.05) is 11.4 Å². The summed E-state index contributed by atoms with van der Waals surface area (Å²) >= 11 is 1.66. The second-order valence-corrected chi connectivity index (χ2v) is 7.37. The molecule has 0 saturated heterocycles. The van der Waals surface area contributed by atoms with Crippen LogP contribution in [-0.2, 0) is 16.0 Å². The predicted octanol–water partition coefficient (Wildman–Crippen LogP) is 2.58. The zero-order chi connectivity index (χ0) is 18.9. The van der Waals surface area contributed by atoms with Gasteiger partial charge in [0.2, 0.25) is 11.8 Å². The van der Waals surface area contributed by atoms with E-state index >= 15 is 0 Å². The summed E-state index contributed by atoms with van der Waals surface area (Å²) in [6.07, 6.45) is 2.19. The molecule has 0 aliphatic carbocycles. The van der Waals surface area contributed by atoms with Crippen LogP contribution in [0.3, 0.4) is 0 Å². The Balaban J connectivity index is 2.00. The van der Waals surface area contributed by atoms with Crippen LogP contribution in [0, 0.1) is 0 Å². The monoisotopic (exact) mass is 373 g/mol. The molecule has 0 unspecified atom stereocenters. The molecule has 5 nitrogen and oxygen atoms in total. The molecule has 2 N–H and O–H groups in total. The van der Waals surface area contributed by atoms with Gasteiger partial charge in [-0.25, -0.2) is 0 Å². The fourth-order valence-electron chi connectivity index (χ4n) is 2.59. The summed E-state index contributed by atoms with van der Waals surface area (Å²) in [5.41, 5.74) is 2.45. The van der Waals surface area contributed by atoms with Gasteiger partial charge in [0.05, 0.1) is 19.1 Å². The second kappa shape index (κ2) is 10.1. The Bertz CT molecular complexity index is 696. The molecule has 26 heavy (non-hydrogen) atoms. The van der Waals surface area contributed by atoms with Crippen molar-refractivity contribution in [3.63, 3.8) is 0 Å². The van der Waals surface area contributed by atoms with Gasteiger partial charge in [-0.15, -0.1) is 11.3 Å². The summed E-state index contributed by atoms with van der Waals surface area (Å²) < 4.78 is 0. The van der Waals surface area contributed by atoms with Crippen LogP contribution in [0.15, 0.2) is 41.8 Å². The Morgan fingerprint density at radius 2 is 1.85 bits per heavy atom. The van der Waals surface area contributed by atoms with Crippen molar-refractivity contribution in [1.29, 1.82) is 0 Å². The number of likely N-dealkylation sites (N-methyl/N-ethyl adjacent to an activating group) is 1. The largest absolute Gasteiger partial charge is 0.347 e. The summed E-state index contributed by atoms with van der Waals surface area (Å²) in [7, 11) is 3.34. The normalized spacial score (nSPS) is 11.8. The smallest absolute Gasteiger partial charge is 0.241 e. The van der Waals surface area contributed by atoms with Gasteiger partial charge in [-0.05, 0) is 29.0 Å². The molecule has 1 aromatic carbocycles. The van der Waals surface area contributed by atoms with E-state index in [1.54, 1.807) is 25.4 Å². The van der Waals surface area contributed by atoms with Crippen LogP contribution in [0.4, 0.5) is 0 Å². The van der Waals surface area contributed by atoms with Crippen molar-refractivity contribution >= 4 is 23.2 Å². The lowest BCUT2D eigenvalue weighted by Gasteiger charge is -2.18. The van der Waals surface area contributed by atoms with E-state index < -0.39 is 0 Å². The van der Waals surface area contributed by atoms with Crippen LogP contribution in [-0.4, -0.2) is 43.9 Å². The van der Waals surface area contributed by atoms with Crippen LogP contribution in [0.25, 0.3) is 0 Å². The maximum absolute atomic E-state index is 12.1. The fourth-order valence-corrected chi connectivity index (χ4v) is 3.42. The highest BCUT2D eigenvalue weighted by atomic mass is 32.1. The maximum Gasteiger partial charge on any atom is 0.241 e. The van der Waals surface area contributed by atoms with Gasteiger partial charge in [0.15, 0.2) is 0 Å². The van der Waals surface area contributed by atoms with E-state index in [0.29, 0.717) is 0 Å². The van der Waals surface area contributed by atoms with Crippen molar-refractivity contribution in [3.05, 3.63) is 57.8 Å². The molecule has 0 bridgehead atoms. The first-order chi connectivity index (χ1) is 12.5. The number of benzene rings is 1. The molecule has 2 rings (SSSR count). The van der Waals surface area contributed by atoms with Gasteiger partial charge >= 0.3 is 0 Å². The molecule has 0 aliphatic heterocycles. The number of nitrogens with one attached hydrogen (secondary N) is 2. The standard InChI is InChI=1S/C20H27N3O2S/c1-4-6-15-8-10-16(11-9-15)20(17-7-5-12-26-17)22-13-18(24)21-14-19(25)23(2)3/h5,7-12,20,22H,4,6,13-14H2,1-3H3,(H,21,24)/t20-/m1/s1. The minimum atomic E-state index is -0.190. The van der Waals surface area contributed by atoms with Crippen LogP contribution < -0.4 is 10.6 Å². The first kappa shape index (κ1) is 20.1. The Morgan fingerprint density at radius 3 is 2.42 bits per heavy atom. The molecule has 1 heterocycles. The van der Waals surface area contributed by atoms with Gasteiger partial charge in [-0.2, -0.15) is 0 Å². The number of thiophene rings is 1. The molecular formula is C20H27N3O2S. The summed E-state index contributed by atoms with van der Waals surface area (Å²) in [5, 5.41) is 8.00. The molecule has 2 aromatic rings. The highest BCUT2D eigenvalue weighted by Gasteiger charge is 2.16. The van der Waals surface area contributed by atoms with Crippen LogP contribution in [0.1, 0.15) is 35.4 Å². The van der Waals surface area contributed by atoms with Gasteiger partial charge in [0, 0.05) is 19.0 Å². The molecule has 1 aromatic heterocycles. The van der Waals surface area contributed by atoms with Crippen LogP contribution >= 0.6 is 11.3 Å². The van der Waals surface area contributed by atoms with E-state index in [9.17, 15) is 9.59 Å². The lowest BCUT2D eigenvalue weighted by molar-refractivity contribution is -0.130. The predicted molar refractivity (Wildman–Crippen MR) is 106 cm³/mol. The highest BCUT2D eigenvalue weighted by Crippen LogP contribution is 2.26. The Kier molecular flexibility index (Phi) is 7.81. The number of aryl methyl sites for hydroxylation is 1. The third kappa shape index (κ3) is 5.97. The number of hydrogen-bond acceptors (Lipinski definition) is 4. The number of carbonyl (C=O) groups excluding carboxylic acids is 2. The van der Waals surface area contributed by atoms with Crippen molar-refractivity contribution in [1.82, 2.24) is 15.5 Å². The first-order valence-electron chi connectivity index (χ1n) is 8.83. The van der Waals surface area contributed by atoms with E-state index in [4.69, 9.17) is 0 Å². The quantitative estimate of drug-likeness (QED) is 0.710. The minimum Gasteiger partial charge on any atom is -0.347 e. The minimum absolute atomic E-state index is 0.0168. The SMILES string of the molecule is CCCc1ccc([C@@H](NCC(=O)NCC(=O)N(C)C)c2cccs2)cc1. The fraction of sp³-hybridized carbons (Fsp3) is 0.400. The van der Waals surface area contributed by atoms with Crippen molar-refractivity contribution in [2.24, 2.45) is 0 Å². The highest BCUT2D eigenvalue weighted by molar-refractivity contribution is 7.10. The molecule has 0 aliphatic rings. The molecule has 2 amide bonds. The van der Waals surface area contributed by atoms with Gasteiger partial charge in [-0.1, -0.05) is 43.7 Å². The third-order valence-electron chi connectivity index (χ3n) is 4.08. The van der Waals surface area contributed by atoms with Gasteiger partial charge < -0.3 is 10.2 Å². The van der Waals surface area contributed by atoms with E-state index in [2.05, 4.69) is 47.9 Å². The first-order valence-corrected chi connectivity index (χ1v) is 9.71. The van der Waals surface area contributed by atoms with Crippen molar-refractivity contribution in [2.75, 3.05) is 27.2 Å². The lowest BCUT2D eigenvalue weighted by atomic mass is 10.0. The molecule has 0 spiro atoms. The number of hydrogen-bond donors (Lipinski definition) is 2. The van der Waals surface area contributed by atoms with E-state index in [-0.39, 0.29) is 30.9 Å². The molecule has 0 saturated carbocycles. The summed E-state index contributed by atoms with van der Waals surface area (Å²) in [4.78, 5) is 26.3. The van der Waals surface area contributed by atoms with Crippen LogP contribution in [0.5, 0.6) is 0 Å². The Labute approximate surface area is 159 Å². The molecule has 140 valence electrons.